The summed E-state index contributed by atoms with van der Waals surface area (Å²) in [6, 6.07) is 8.44. The molecule has 0 aliphatic carbocycles. The van der Waals surface area contributed by atoms with Crippen molar-refractivity contribution in [2.75, 3.05) is 13.7 Å². The lowest BCUT2D eigenvalue weighted by Gasteiger charge is -2.15. The van der Waals surface area contributed by atoms with Crippen LogP contribution in [0.1, 0.15) is 78.2 Å². The van der Waals surface area contributed by atoms with Crippen LogP contribution in [0.5, 0.6) is 0 Å². The Bertz CT molecular complexity index is 1190. The molecule has 1 N–H and O–H groups in total. The summed E-state index contributed by atoms with van der Waals surface area (Å²) in [5, 5.41) is 2.85. The summed E-state index contributed by atoms with van der Waals surface area (Å²) >= 11 is 0. The van der Waals surface area contributed by atoms with E-state index in [4.69, 9.17) is 18.3 Å². The van der Waals surface area contributed by atoms with Gasteiger partial charge in [-0.3, -0.25) is 0 Å². The summed E-state index contributed by atoms with van der Waals surface area (Å²) in [4.78, 5) is 37.1. The number of hydrogen-bond donors (Lipinski definition) is 1. The number of carbonyl (C=O) groups excluding carboxylic acids is 2. The molecule has 3 heterocycles. The Balaban J connectivity index is 1.41. The summed E-state index contributed by atoms with van der Waals surface area (Å²) in [5.74, 6) is 0.218. The Morgan fingerprint density at radius 2 is 1.97 bits per heavy atom. The molecule has 1 aliphatic heterocycles. The molecule has 1 aromatic carbocycles. The zero-order chi connectivity index (χ0) is 25.3. The highest BCUT2D eigenvalue weighted by Crippen LogP contribution is 2.26. The lowest BCUT2D eigenvalue weighted by molar-refractivity contribution is 0.0594. The first-order chi connectivity index (χ1) is 17.6. The Morgan fingerprint density at radius 1 is 1.14 bits per heavy atom. The van der Waals surface area contributed by atoms with Crippen molar-refractivity contribution in [2.45, 2.75) is 51.3 Å². The van der Waals surface area contributed by atoms with Crippen molar-refractivity contribution < 1.29 is 32.6 Å². The fourth-order valence-electron chi connectivity index (χ4n) is 3.59. The normalized spacial score (nSPS) is 15.6. The molecule has 2 unspecified atom stereocenters. The number of unbranched alkanes of at least 4 members (excludes halogenated alkanes) is 2. The van der Waals surface area contributed by atoms with Crippen molar-refractivity contribution in [3.63, 3.8) is 0 Å². The standard InChI is InChI=1S/C25H28N4O7/c1-3-4-6-11-17(29-25(31)36-12-16-9-7-5-8-10-16)21-26-18(13-33-21)22-27-19(14-34-22)23-28-20(15-35-23)24(30)32-2/h5,7-10,13,15,17,19H,3-4,6,11-12,14H2,1-2H3,(H,29,31). The number of methoxy groups -OCH3 is 1. The van der Waals surface area contributed by atoms with E-state index in [0.717, 1.165) is 24.8 Å². The molecule has 1 aliphatic rings. The Hall–Kier alpha value is -4.15. The van der Waals surface area contributed by atoms with E-state index in [2.05, 4.69) is 31.9 Å². The van der Waals surface area contributed by atoms with Crippen LogP contribution in [0.3, 0.4) is 0 Å². The second kappa shape index (κ2) is 12.0. The molecule has 0 bridgehead atoms. The SMILES string of the molecule is CCCCCC(NC(=O)OCc1ccccc1)c1nc(C2=NC(c3nc(C(=O)OC)co3)CO2)co1. The minimum atomic E-state index is -0.599. The molecule has 2 aromatic heterocycles. The van der Waals surface area contributed by atoms with Crippen LogP contribution in [0.4, 0.5) is 4.79 Å². The minimum Gasteiger partial charge on any atom is -0.473 e. The van der Waals surface area contributed by atoms with Crippen LogP contribution >= 0.6 is 0 Å². The highest BCUT2D eigenvalue weighted by molar-refractivity contribution is 5.93. The smallest absolute Gasteiger partial charge is 0.408 e. The molecule has 0 fully saturated rings. The second-order valence-electron chi connectivity index (χ2n) is 8.15. The van der Waals surface area contributed by atoms with Gasteiger partial charge in [0, 0.05) is 0 Å². The van der Waals surface area contributed by atoms with Crippen LogP contribution in [-0.4, -0.2) is 41.6 Å². The molecule has 0 saturated carbocycles. The van der Waals surface area contributed by atoms with Gasteiger partial charge in [0.25, 0.3) is 0 Å². The minimum absolute atomic E-state index is 0.0556. The number of ether oxygens (including phenoxy) is 3. The van der Waals surface area contributed by atoms with Crippen LogP contribution in [0.15, 0.2) is 56.7 Å². The van der Waals surface area contributed by atoms with E-state index in [1.54, 1.807) is 0 Å². The van der Waals surface area contributed by atoms with Crippen LogP contribution in [0, 0.1) is 0 Å². The molecule has 4 rings (SSSR count). The highest BCUT2D eigenvalue weighted by atomic mass is 16.5. The molecule has 0 radical (unpaired) electrons. The molecule has 36 heavy (non-hydrogen) atoms. The fraction of sp³-hybridized carbons (Fsp3) is 0.400. The molecule has 0 spiro atoms. The number of hydrogen-bond acceptors (Lipinski definition) is 10. The number of benzene rings is 1. The van der Waals surface area contributed by atoms with Gasteiger partial charge >= 0.3 is 12.1 Å². The molecule has 0 saturated heterocycles. The highest BCUT2D eigenvalue weighted by Gasteiger charge is 2.30. The van der Waals surface area contributed by atoms with Gasteiger partial charge in [0.2, 0.25) is 17.7 Å². The third-order valence-electron chi connectivity index (χ3n) is 5.49. The van der Waals surface area contributed by atoms with E-state index < -0.39 is 24.1 Å². The van der Waals surface area contributed by atoms with Crippen molar-refractivity contribution in [1.29, 1.82) is 0 Å². The van der Waals surface area contributed by atoms with Crippen molar-refractivity contribution in [1.82, 2.24) is 15.3 Å². The zero-order valence-electron chi connectivity index (χ0n) is 20.1. The largest absolute Gasteiger partial charge is 0.473 e. The van der Waals surface area contributed by atoms with Gasteiger partial charge < -0.3 is 28.4 Å². The number of alkyl carbamates (subject to hydrolysis) is 1. The predicted molar refractivity (Wildman–Crippen MR) is 126 cm³/mol. The lowest BCUT2D eigenvalue weighted by atomic mass is 10.1. The number of nitrogens with one attached hydrogen (secondary N) is 1. The Kier molecular flexibility index (Phi) is 8.32. The second-order valence-corrected chi connectivity index (χ2v) is 8.15. The maximum atomic E-state index is 12.5. The summed E-state index contributed by atoms with van der Waals surface area (Å²) in [6.07, 6.45) is 5.64. The first kappa shape index (κ1) is 25.0. The Labute approximate surface area is 207 Å². The van der Waals surface area contributed by atoms with E-state index >= 15 is 0 Å². The van der Waals surface area contributed by atoms with Crippen molar-refractivity contribution in [3.8, 4) is 0 Å². The van der Waals surface area contributed by atoms with Crippen molar-refractivity contribution in [3.05, 3.63) is 71.6 Å². The van der Waals surface area contributed by atoms with E-state index in [1.807, 2.05) is 30.3 Å². The summed E-state index contributed by atoms with van der Waals surface area (Å²) in [6.45, 7) is 2.44. The van der Waals surface area contributed by atoms with Gasteiger partial charge in [-0.1, -0.05) is 56.5 Å². The van der Waals surface area contributed by atoms with E-state index in [1.165, 1.54) is 19.6 Å². The number of aromatic nitrogens is 2. The number of rotatable bonds is 11. The molecule has 190 valence electrons. The molecule has 3 aromatic rings. The average Bonchev–Trinajstić information content (AvgIpc) is 3.67. The molecule has 11 heteroatoms. The molecule has 11 nitrogen and oxygen atoms in total. The van der Waals surface area contributed by atoms with Crippen LogP contribution < -0.4 is 5.32 Å². The maximum Gasteiger partial charge on any atom is 0.408 e. The van der Waals surface area contributed by atoms with E-state index in [-0.39, 0.29) is 30.7 Å². The fourth-order valence-corrected chi connectivity index (χ4v) is 3.59. The zero-order valence-corrected chi connectivity index (χ0v) is 20.1. The Morgan fingerprint density at radius 3 is 2.75 bits per heavy atom. The summed E-state index contributed by atoms with van der Waals surface area (Å²) in [7, 11) is 1.27. The van der Waals surface area contributed by atoms with Gasteiger partial charge in [-0.2, -0.15) is 0 Å². The first-order valence-electron chi connectivity index (χ1n) is 11.7. The number of aliphatic imine (C=N–C) groups is 1. The summed E-state index contributed by atoms with van der Waals surface area (Å²) in [5.41, 5.74) is 1.33. The monoisotopic (exact) mass is 496 g/mol. The number of nitrogens with zero attached hydrogens (tertiary/aromatic N) is 3. The van der Waals surface area contributed by atoms with Crippen LogP contribution in [0.2, 0.25) is 0 Å². The average molecular weight is 497 g/mol. The van der Waals surface area contributed by atoms with Crippen molar-refractivity contribution >= 4 is 18.0 Å². The topological polar surface area (TPSA) is 138 Å². The maximum absolute atomic E-state index is 12.5. The van der Waals surface area contributed by atoms with Gasteiger partial charge in [0.05, 0.1) is 7.11 Å². The van der Waals surface area contributed by atoms with E-state index in [9.17, 15) is 9.59 Å². The number of esters is 1. The molecule has 2 atom stereocenters. The number of oxazole rings is 2. The molecule has 1 amide bonds. The van der Waals surface area contributed by atoms with E-state index in [0.29, 0.717) is 18.0 Å². The molecular formula is C25H28N4O7. The number of carbonyl (C=O) groups is 2. The van der Waals surface area contributed by atoms with Crippen molar-refractivity contribution in [2.24, 2.45) is 4.99 Å². The third-order valence-corrected chi connectivity index (χ3v) is 5.49. The van der Waals surface area contributed by atoms with Gasteiger partial charge in [0.1, 0.15) is 31.8 Å². The molecular weight excluding hydrogens is 468 g/mol. The number of amides is 1. The van der Waals surface area contributed by atoms with Gasteiger partial charge in [-0.05, 0) is 12.0 Å². The first-order valence-corrected chi connectivity index (χ1v) is 11.7. The summed E-state index contributed by atoms with van der Waals surface area (Å²) < 4.78 is 26.7. The van der Waals surface area contributed by atoms with Crippen LogP contribution in [-0.2, 0) is 20.8 Å². The van der Waals surface area contributed by atoms with Gasteiger partial charge in [-0.25, -0.2) is 24.5 Å². The predicted octanol–water partition coefficient (Wildman–Crippen LogP) is 4.52. The van der Waals surface area contributed by atoms with Gasteiger partial charge in [-0.15, -0.1) is 0 Å². The quantitative estimate of drug-likeness (QED) is 0.300. The van der Waals surface area contributed by atoms with Gasteiger partial charge in [0.15, 0.2) is 17.4 Å². The van der Waals surface area contributed by atoms with Crippen LogP contribution in [0.25, 0.3) is 0 Å². The lowest BCUT2D eigenvalue weighted by Crippen LogP contribution is -2.29. The third kappa shape index (κ3) is 6.29.